The second-order valence-corrected chi connectivity index (χ2v) is 9.68. The predicted molar refractivity (Wildman–Crippen MR) is 110 cm³/mol. The molecule has 4 fully saturated rings. The summed E-state index contributed by atoms with van der Waals surface area (Å²) < 4.78 is 0. The summed E-state index contributed by atoms with van der Waals surface area (Å²) in [5, 5.41) is 9.61. The molecule has 4 aliphatic rings. The van der Waals surface area contributed by atoms with Gasteiger partial charge in [-0.3, -0.25) is 15.4 Å². The molecule has 3 N–H and O–H groups in total. The maximum atomic E-state index is 12.6. The van der Waals surface area contributed by atoms with E-state index in [1.807, 2.05) is 31.2 Å². The first kappa shape index (κ1) is 19.7. The Labute approximate surface area is 172 Å². The Kier molecular flexibility index (Phi) is 5.41. The molecule has 0 aliphatic heterocycles. The molecule has 0 radical (unpaired) electrons. The van der Waals surface area contributed by atoms with Crippen LogP contribution in [-0.4, -0.2) is 23.5 Å². The van der Waals surface area contributed by atoms with E-state index in [-0.39, 0.29) is 23.5 Å². The summed E-state index contributed by atoms with van der Waals surface area (Å²) in [6.07, 6.45) is 7.17. The SMILES string of the molecule is CC(NC(C)c1ccccc1Cl)C(=O)NC(=O)NC12CC3CC(CC(C3)C1)C2. The van der Waals surface area contributed by atoms with E-state index in [1.54, 1.807) is 6.92 Å². The number of rotatable bonds is 5. The topological polar surface area (TPSA) is 70.2 Å². The molecule has 152 valence electrons. The minimum absolute atomic E-state index is 0.0966. The van der Waals surface area contributed by atoms with E-state index >= 15 is 0 Å². The van der Waals surface area contributed by atoms with Crippen LogP contribution in [-0.2, 0) is 4.79 Å². The van der Waals surface area contributed by atoms with Crippen LogP contribution in [0.25, 0.3) is 0 Å². The normalized spacial score (nSPS) is 32.6. The number of hydrogen-bond acceptors (Lipinski definition) is 3. The van der Waals surface area contributed by atoms with E-state index in [9.17, 15) is 9.59 Å². The summed E-state index contributed by atoms with van der Waals surface area (Å²) in [5.41, 5.74) is 0.836. The number of nitrogens with one attached hydrogen (secondary N) is 3. The van der Waals surface area contributed by atoms with E-state index in [0.29, 0.717) is 5.02 Å². The number of hydrogen-bond donors (Lipinski definition) is 3. The quantitative estimate of drug-likeness (QED) is 0.690. The summed E-state index contributed by atoms with van der Waals surface area (Å²) in [4.78, 5) is 25.1. The van der Waals surface area contributed by atoms with Crippen molar-refractivity contribution in [1.82, 2.24) is 16.0 Å². The van der Waals surface area contributed by atoms with Crippen LogP contribution in [0, 0.1) is 17.8 Å². The van der Waals surface area contributed by atoms with Crippen molar-refractivity contribution in [2.75, 3.05) is 0 Å². The molecule has 4 aliphatic carbocycles. The van der Waals surface area contributed by atoms with Crippen molar-refractivity contribution >= 4 is 23.5 Å². The van der Waals surface area contributed by atoms with Gasteiger partial charge in [0.25, 0.3) is 0 Å². The van der Waals surface area contributed by atoms with Crippen molar-refractivity contribution in [1.29, 1.82) is 0 Å². The molecule has 2 atom stereocenters. The Balaban J connectivity index is 1.31. The summed E-state index contributed by atoms with van der Waals surface area (Å²) >= 11 is 6.23. The van der Waals surface area contributed by atoms with E-state index in [4.69, 9.17) is 11.6 Å². The zero-order chi connectivity index (χ0) is 19.9. The molecule has 2 unspecified atom stereocenters. The first-order valence-electron chi connectivity index (χ1n) is 10.5. The summed E-state index contributed by atoms with van der Waals surface area (Å²) in [5.74, 6) is 1.93. The molecule has 4 saturated carbocycles. The standard InChI is InChI=1S/C22H30ClN3O2/c1-13(18-5-3-4-6-19(18)23)24-14(2)20(27)25-21(28)26-22-10-15-7-16(11-22)9-17(8-15)12-22/h3-6,13-17,24H,7-12H2,1-2H3,(H2,25,26,27,28). The number of benzene rings is 1. The molecule has 3 amide bonds. The zero-order valence-corrected chi connectivity index (χ0v) is 17.4. The summed E-state index contributed by atoms with van der Waals surface area (Å²) in [6, 6.07) is 6.61. The molecule has 5 nitrogen and oxygen atoms in total. The summed E-state index contributed by atoms with van der Waals surface area (Å²) in [7, 11) is 0. The van der Waals surface area contributed by atoms with Crippen LogP contribution < -0.4 is 16.0 Å². The predicted octanol–water partition coefficient (Wildman–Crippen LogP) is 4.17. The van der Waals surface area contributed by atoms with Crippen molar-refractivity contribution in [3.8, 4) is 0 Å². The van der Waals surface area contributed by atoms with Crippen LogP contribution in [0.3, 0.4) is 0 Å². The van der Waals surface area contributed by atoms with E-state index in [1.165, 1.54) is 19.3 Å². The molecule has 0 aromatic heterocycles. The summed E-state index contributed by atoms with van der Waals surface area (Å²) in [6.45, 7) is 3.72. The third-order valence-electron chi connectivity index (χ3n) is 6.92. The van der Waals surface area contributed by atoms with Crippen molar-refractivity contribution in [2.24, 2.45) is 17.8 Å². The van der Waals surface area contributed by atoms with Crippen LogP contribution in [0.4, 0.5) is 4.79 Å². The highest BCUT2D eigenvalue weighted by Gasteiger charge is 2.51. The highest BCUT2D eigenvalue weighted by molar-refractivity contribution is 6.31. The van der Waals surface area contributed by atoms with Gasteiger partial charge in [0.05, 0.1) is 6.04 Å². The molecule has 0 saturated heterocycles. The largest absolute Gasteiger partial charge is 0.332 e. The maximum absolute atomic E-state index is 12.6. The number of urea groups is 1. The zero-order valence-electron chi connectivity index (χ0n) is 16.6. The Hall–Kier alpha value is -1.59. The van der Waals surface area contributed by atoms with Crippen molar-refractivity contribution in [3.63, 3.8) is 0 Å². The molecule has 1 aromatic rings. The van der Waals surface area contributed by atoms with Gasteiger partial charge in [-0.25, -0.2) is 4.79 Å². The van der Waals surface area contributed by atoms with Gasteiger partial charge in [0, 0.05) is 16.6 Å². The lowest BCUT2D eigenvalue weighted by atomic mass is 9.53. The van der Waals surface area contributed by atoms with Crippen molar-refractivity contribution < 1.29 is 9.59 Å². The fraction of sp³-hybridized carbons (Fsp3) is 0.636. The smallest absolute Gasteiger partial charge is 0.321 e. The fourth-order valence-corrected chi connectivity index (χ4v) is 6.42. The average Bonchev–Trinajstić information content (AvgIpc) is 2.60. The minimum Gasteiger partial charge on any atom is -0.332 e. The van der Waals surface area contributed by atoms with E-state index < -0.39 is 6.04 Å². The number of carbonyl (C=O) groups excluding carboxylic acids is 2. The second-order valence-electron chi connectivity index (χ2n) is 9.27. The number of amides is 3. The van der Waals surface area contributed by atoms with Crippen molar-refractivity contribution in [3.05, 3.63) is 34.9 Å². The molecule has 6 heteroatoms. The molecular weight excluding hydrogens is 374 g/mol. The first-order valence-corrected chi connectivity index (χ1v) is 10.8. The van der Waals surface area contributed by atoms with Crippen LogP contribution in [0.2, 0.25) is 5.02 Å². The van der Waals surface area contributed by atoms with Gasteiger partial charge in [0.1, 0.15) is 0 Å². The Morgan fingerprint density at radius 1 is 1.04 bits per heavy atom. The van der Waals surface area contributed by atoms with Gasteiger partial charge in [-0.15, -0.1) is 0 Å². The molecule has 1 aromatic carbocycles. The molecule has 4 bridgehead atoms. The van der Waals surface area contributed by atoms with Crippen LogP contribution in [0.5, 0.6) is 0 Å². The van der Waals surface area contributed by atoms with Gasteiger partial charge < -0.3 is 5.32 Å². The number of imide groups is 1. The lowest BCUT2D eigenvalue weighted by Gasteiger charge is -2.56. The Morgan fingerprint density at radius 3 is 2.18 bits per heavy atom. The van der Waals surface area contributed by atoms with Crippen LogP contribution >= 0.6 is 11.6 Å². The Morgan fingerprint density at radius 2 is 1.61 bits per heavy atom. The van der Waals surface area contributed by atoms with Crippen LogP contribution in [0.15, 0.2) is 24.3 Å². The van der Waals surface area contributed by atoms with E-state index in [2.05, 4.69) is 16.0 Å². The van der Waals surface area contributed by atoms with Gasteiger partial charge in [-0.05, 0) is 81.8 Å². The van der Waals surface area contributed by atoms with Gasteiger partial charge in [0.15, 0.2) is 0 Å². The molecule has 0 heterocycles. The number of halogens is 1. The third-order valence-corrected chi connectivity index (χ3v) is 7.26. The Bertz CT molecular complexity index is 731. The number of carbonyl (C=O) groups is 2. The molecule has 0 spiro atoms. The van der Waals surface area contributed by atoms with Gasteiger partial charge in [-0.2, -0.15) is 0 Å². The van der Waals surface area contributed by atoms with Crippen LogP contribution in [0.1, 0.15) is 64.0 Å². The fourth-order valence-electron chi connectivity index (χ4n) is 6.12. The lowest BCUT2D eigenvalue weighted by Crippen LogP contribution is -2.62. The minimum atomic E-state index is -0.506. The molecule has 5 rings (SSSR count). The molecular formula is C22H30ClN3O2. The molecule has 28 heavy (non-hydrogen) atoms. The maximum Gasteiger partial charge on any atom is 0.321 e. The average molecular weight is 404 g/mol. The first-order chi connectivity index (χ1) is 13.3. The van der Waals surface area contributed by atoms with E-state index in [0.717, 1.165) is 42.6 Å². The van der Waals surface area contributed by atoms with Gasteiger partial charge in [0.2, 0.25) is 5.91 Å². The highest BCUT2D eigenvalue weighted by atomic mass is 35.5. The third kappa shape index (κ3) is 4.06. The lowest BCUT2D eigenvalue weighted by molar-refractivity contribution is -0.121. The monoisotopic (exact) mass is 403 g/mol. The van der Waals surface area contributed by atoms with Gasteiger partial charge in [-0.1, -0.05) is 29.8 Å². The second kappa shape index (κ2) is 7.68. The van der Waals surface area contributed by atoms with Crippen molar-refractivity contribution in [2.45, 2.75) is 70.0 Å². The van der Waals surface area contributed by atoms with Gasteiger partial charge >= 0.3 is 6.03 Å². The highest BCUT2D eigenvalue weighted by Crippen LogP contribution is 2.55.